The lowest BCUT2D eigenvalue weighted by atomic mass is 9.80. The van der Waals surface area contributed by atoms with Gasteiger partial charge in [-0.3, -0.25) is 0 Å². The summed E-state index contributed by atoms with van der Waals surface area (Å²) in [6, 6.07) is 36.7. The van der Waals surface area contributed by atoms with Gasteiger partial charge in [0.25, 0.3) is 0 Å². The first-order valence-electron chi connectivity index (χ1n) is 19.9. The molecule has 0 saturated carbocycles. The Kier molecular flexibility index (Phi) is 12.6. The highest BCUT2D eigenvalue weighted by atomic mass is 32.1. The van der Waals surface area contributed by atoms with Crippen molar-refractivity contribution in [2.45, 2.75) is 82.8 Å². The highest BCUT2D eigenvalue weighted by Crippen LogP contribution is 2.61. The van der Waals surface area contributed by atoms with Crippen LogP contribution < -0.4 is 9.47 Å². The van der Waals surface area contributed by atoms with E-state index in [1.54, 1.807) is 25.6 Å². The number of pyridine rings is 1. The molecule has 4 heterocycles. The second-order valence-electron chi connectivity index (χ2n) is 15.4. The quantitative estimate of drug-likeness (QED) is 0.0703. The van der Waals surface area contributed by atoms with Crippen molar-refractivity contribution in [1.82, 2.24) is 14.2 Å². The van der Waals surface area contributed by atoms with E-state index in [0.29, 0.717) is 13.0 Å². The third-order valence-corrected chi connectivity index (χ3v) is 16.8. The van der Waals surface area contributed by atoms with Crippen molar-refractivity contribution in [2.24, 2.45) is 0 Å². The van der Waals surface area contributed by atoms with Gasteiger partial charge in [-0.1, -0.05) is 82.3 Å². The van der Waals surface area contributed by atoms with E-state index in [-0.39, 0.29) is 30.4 Å². The number of hydrogen-bond donors (Lipinski definition) is 0. The fraction of sp³-hybridized carbons (Fsp3) is 0.362. The Labute approximate surface area is 346 Å². The minimum Gasteiger partial charge on any atom is -0.497 e. The molecule has 302 valence electrons. The van der Waals surface area contributed by atoms with E-state index in [9.17, 15) is 5.26 Å². The number of ether oxygens (including phenoxy) is 4. The lowest BCUT2D eigenvalue weighted by Gasteiger charge is -2.43. The number of rotatable bonds is 16. The number of thiophene rings is 1. The van der Waals surface area contributed by atoms with Crippen molar-refractivity contribution in [2.75, 3.05) is 27.4 Å². The minimum atomic E-state index is -3.05. The molecular weight excluding hydrogens is 764 g/mol. The number of benzene rings is 3. The molecule has 0 radical (unpaired) electrons. The molecule has 1 fully saturated rings. The molecule has 3 aromatic carbocycles. The van der Waals surface area contributed by atoms with Crippen LogP contribution in [0.3, 0.4) is 0 Å². The first-order valence-corrected chi connectivity index (χ1v) is 22.6. The molecule has 0 N–H and O–H groups in total. The molecule has 0 amide bonds. The smallest absolute Gasteiger partial charge is 0.155 e. The average Bonchev–Trinajstić information content (AvgIpc) is 4.00. The molecule has 0 bridgehead atoms. The first kappa shape index (κ1) is 41.4. The summed E-state index contributed by atoms with van der Waals surface area (Å²) in [6.45, 7) is 10.8. The summed E-state index contributed by atoms with van der Waals surface area (Å²) in [6.07, 6.45) is 3.71. The number of methoxy groups -OCH3 is 2. The zero-order chi connectivity index (χ0) is 41.0. The van der Waals surface area contributed by atoms with Crippen molar-refractivity contribution in [1.29, 1.82) is 5.26 Å². The van der Waals surface area contributed by atoms with E-state index >= 15 is 4.57 Å². The van der Waals surface area contributed by atoms with E-state index in [1.807, 2.05) is 101 Å². The van der Waals surface area contributed by atoms with Crippen molar-refractivity contribution in [3.05, 3.63) is 137 Å². The second kappa shape index (κ2) is 17.6. The lowest BCUT2D eigenvalue weighted by molar-refractivity contribution is -0.0833. The standard InChI is InChI=1S/C47H53N4O5PS/c1-32(2)57(52,33(3)4)51(28-11-26-48)42-30-45(50-29-25-41-40(24-27-49-46(41)50)44-23-14-34(5)58-44)56-43(42)31-55-47(35-12-9-8-10-13-35,36-15-19-38(53-6)20-16-36)37-17-21-39(54-7)22-18-37/h8-10,12-25,27,29,32-33,42-43,45H,11,28,30-31H2,1-7H3/t42-,43-,45+/m0/s1. The van der Waals surface area contributed by atoms with Crippen LogP contribution >= 0.6 is 18.6 Å². The van der Waals surface area contributed by atoms with E-state index < -0.39 is 25.2 Å². The molecule has 11 heteroatoms. The third-order valence-electron chi connectivity index (χ3n) is 11.5. The Balaban J connectivity index is 1.36. The molecule has 6 aromatic rings. The van der Waals surface area contributed by atoms with Gasteiger partial charge in [-0.15, -0.1) is 11.3 Å². The number of nitrogens with zero attached hydrogens (tertiary/aromatic N) is 4. The minimum absolute atomic E-state index is 0.139. The zero-order valence-corrected chi connectivity index (χ0v) is 36.1. The molecule has 0 spiro atoms. The Morgan fingerprint density at radius 1 is 0.897 bits per heavy atom. The van der Waals surface area contributed by atoms with Crippen LogP contribution in [-0.4, -0.2) is 65.1 Å². The fourth-order valence-electron chi connectivity index (χ4n) is 8.62. The van der Waals surface area contributed by atoms with Gasteiger partial charge in [-0.05, 0) is 72.1 Å². The van der Waals surface area contributed by atoms with Crippen LogP contribution in [0, 0.1) is 18.3 Å². The van der Waals surface area contributed by atoms with Crippen LogP contribution in [-0.2, 0) is 19.6 Å². The molecule has 7 rings (SSSR count). The summed E-state index contributed by atoms with van der Waals surface area (Å²) in [5.74, 6) is 1.47. The third kappa shape index (κ3) is 7.75. The highest BCUT2D eigenvalue weighted by Gasteiger charge is 2.49. The van der Waals surface area contributed by atoms with Gasteiger partial charge in [0.15, 0.2) is 7.29 Å². The van der Waals surface area contributed by atoms with Gasteiger partial charge in [0.2, 0.25) is 0 Å². The monoisotopic (exact) mass is 816 g/mol. The molecule has 1 aliphatic rings. The Morgan fingerprint density at radius 2 is 1.52 bits per heavy atom. The Hall–Kier alpha value is -4.75. The van der Waals surface area contributed by atoms with E-state index in [4.69, 9.17) is 23.9 Å². The maximum absolute atomic E-state index is 15.4. The maximum atomic E-state index is 15.4. The SMILES string of the molecule is COc1ccc(C(OC[C@@H]2O[C@@H](n3ccc4c(-c5ccc(C)s5)ccnc43)C[C@@H]2N(CCC#N)P(=O)(C(C)C)C(C)C)(c2ccccc2)c2ccc(OC)cc2)cc1. The lowest BCUT2D eigenvalue weighted by Crippen LogP contribution is -2.46. The van der Waals surface area contributed by atoms with Gasteiger partial charge in [-0.25, -0.2) is 9.65 Å². The summed E-state index contributed by atoms with van der Waals surface area (Å²) in [5, 5.41) is 11.0. The number of aromatic nitrogens is 2. The van der Waals surface area contributed by atoms with Crippen molar-refractivity contribution >= 4 is 29.7 Å². The number of fused-ring (bicyclic) bond motifs is 1. The average molecular weight is 817 g/mol. The topological polar surface area (TPSA) is 98.8 Å². The zero-order valence-electron chi connectivity index (χ0n) is 34.4. The Morgan fingerprint density at radius 3 is 2.07 bits per heavy atom. The predicted molar refractivity (Wildman–Crippen MR) is 233 cm³/mol. The molecule has 3 atom stereocenters. The first-order chi connectivity index (χ1) is 28.0. The normalized spacial score (nSPS) is 17.4. The molecule has 1 saturated heterocycles. The fourth-order valence-corrected chi connectivity index (χ4v) is 13.0. The second-order valence-corrected chi connectivity index (χ2v) is 20.6. The summed E-state index contributed by atoms with van der Waals surface area (Å²) < 4.78 is 45.5. The van der Waals surface area contributed by atoms with Crippen molar-refractivity contribution in [3.8, 4) is 28.0 Å². The molecule has 58 heavy (non-hydrogen) atoms. The molecule has 9 nitrogen and oxygen atoms in total. The van der Waals surface area contributed by atoms with E-state index in [0.717, 1.165) is 44.8 Å². The van der Waals surface area contributed by atoms with Crippen LogP contribution in [0.15, 0.2) is 116 Å². The maximum Gasteiger partial charge on any atom is 0.155 e. The van der Waals surface area contributed by atoms with Gasteiger partial charge in [0, 0.05) is 69.8 Å². The Bertz CT molecular complexity index is 2330. The van der Waals surface area contributed by atoms with Crippen LogP contribution in [0.5, 0.6) is 11.5 Å². The largest absolute Gasteiger partial charge is 0.497 e. The summed E-state index contributed by atoms with van der Waals surface area (Å²) >= 11 is 1.76. The van der Waals surface area contributed by atoms with Gasteiger partial charge in [0.1, 0.15) is 29.0 Å². The van der Waals surface area contributed by atoms with Crippen LogP contribution in [0.2, 0.25) is 0 Å². The number of nitriles is 1. The molecular formula is C47H53N4O5PS. The predicted octanol–water partition coefficient (Wildman–Crippen LogP) is 11.1. The highest BCUT2D eigenvalue weighted by molar-refractivity contribution is 7.62. The van der Waals surface area contributed by atoms with Crippen molar-refractivity contribution < 1.29 is 23.5 Å². The molecule has 3 aromatic heterocycles. The van der Waals surface area contributed by atoms with Crippen LogP contribution in [0.4, 0.5) is 0 Å². The van der Waals surface area contributed by atoms with Crippen molar-refractivity contribution in [3.63, 3.8) is 0 Å². The van der Waals surface area contributed by atoms with E-state index in [1.165, 1.54) is 9.75 Å². The van der Waals surface area contributed by atoms with E-state index in [2.05, 4.69) is 64.8 Å². The van der Waals surface area contributed by atoms with Gasteiger partial charge >= 0.3 is 0 Å². The summed E-state index contributed by atoms with van der Waals surface area (Å²) in [4.78, 5) is 7.32. The summed E-state index contributed by atoms with van der Waals surface area (Å²) in [5.41, 5.74) is 3.34. The van der Waals surface area contributed by atoms with Gasteiger partial charge < -0.3 is 28.1 Å². The number of hydrogen-bond acceptors (Lipinski definition) is 8. The van der Waals surface area contributed by atoms with Crippen LogP contribution in [0.1, 0.15) is 68.3 Å². The molecule has 0 aliphatic carbocycles. The molecule has 0 unspecified atom stereocenters. The molecule has 1 aliphatic heterocycles. The van der Waals surface area contributed by atoms with Gasteiger partial charge in [0.05, 0.1) is 33.0 Å². The number of aryl methyl sites for hydroxylation is 1. The van der Waals surface area contributed by atoms with Crippen LogP contribution in [0.25, 0.3) is 21.5 Å². The summed E-state index contributed by atoms with van der Waals surface area (Å²) in [7, 11) is 0.269. The van der Waals surface area contributed by atoms with Gasteiger partial charge in [-0.2, -0.15) is 5.26 Å².